The maximum atomic E-state index is 12.6. The van der Waals surface area contributed by atoms with Gasteiger partial charge in [-0.2, -0.15) is 4.31 Å². The lowest BCUT2D eigenvalue weighted by atomic mass is 9.99. The van der Waals surface area contributed by atoms with Crippen LogP contribution in [0.2, 0.25) is 0 Å². The SMILES string of the molecule is CN=C(NCCCCN1CCC(C)CC1)N1CCN(S(=O)(=O)Cc2ccon2)CC1.I. The number of unbranched alkanes of at least 4 members (excludes halogenated alkanes) is 1. The van der Waals surface area contributed by atoms with E-state index in [0.717, 1.165) is 24.8 Å². The number of hydrogen-bond donors (Lipinski definition) is 1. The Bertz CT molecular complexity index is 758. The summed E-state index contributed by atoms with van der Waals surface area (Å²) in [7, 11) is -1.60. The minimum atomic E-state index is -3.38. The average Bonchev–Trinajstić information content (AvgIpc) is 3.24. The van der Waals surface area contributed by atoms with Crippen molar-refractivity contribution in [2.75, 3.05) is 59.4 Å². The highest BCUT2D eigenvalue weighted by Crippen LogP contribution is 2.16. The number of rotatable bonds is 8. The Morgan fingerprint density at radius 2 is 1.90 bits per heavy atom. The van der Waals surface area contributed by atoms with Crippen LogP contribution in [-0.2, 0) is 15.8 Å². The van der Waals surface area contributed by atoms with Gasteiger partial charge in [-0.25, -0.2) is 8.42 Å². The van der Waals surface area contributed by atoms with Gasteiger partial charge >= 0.3 is 0 Å². The summed E-state index contributed by atoms with van der Waals surface area (Å²) in [5.41, 5.74) is 0.439. The molecular weight excluding hydrogens is 531 g/mol. The lowest BCUT2D eigenvalue weighted by Crippen LogP contribution is -2.54. The maximum Gasteiger partial charge on any atom is 0.220 e. The van der Waals surface area contributed by atoms with Crippen molar-refractivity contribution in [3.05, 3.63) is 18.0 Å². The number of halogens is 1. The van der Waals surface area contributed by atoms with Gasteiger partial charge in [0.1, 0.15) is 12.0 Å². The zero-order valence-electron chi connectivity index (χ0n) is 18.7. The van der Waals surface area contributed by atoms with Gasteiger partial charge in [0.2, 0.25) is 10.0 Å². The van der Waals surface area contributed by atoms with Crippen molar-refractivity contribution in [2.45, 2.75) is 38.4 Å². The highest BCUT2D eigenvalue weighted by Gasteiger charge is 2.28. The van der Waals surface area contributed by atoms with Crippen LogP contribution in [0.5, 0.6) is 0 Å². The van der Waals surface area contributed by atoms with Gasteiger partial charge in [0.05, 0.1) is 5.69 Å². The molecular formula is C20H37IN6O3S. The molecule has 11 heteroatoms. The molecule has 3 heterocycles. The van der Waals surface area contributed by atoms with Crippen LogP contribution in [0.3, 0.4) is 0 Å². The molecule has 0 unspecified atom stereocenters. The van der Waals surface area contributed by atoms with E-state index in [-0.39, 0.29) is 29.7 Å². The Morgan fingerprint density at radius 1 is 1.19 bits per heavy atom. The summed E-state index contributed by atoms with van der Waals surface area (Å²) in [4.78, 5) is 9.10. The van der Waals surface area contributed by atoms with E-state index in [9.17, 15) is 8.42 Å². The first-order chi connectivity index (χ1) is 14.5. The predicted octanol–water partition coefficient (Wildman–Crippen LogP) is 1.83. The second-order valence-electron chi connectivity index (χ2n) is 8.34. The van der Waals surface area contributed by atoms with Crippen LogP contribution in [0.1, 0.15) is 38.3 Å². The van der Waals surface area contributed by atoms with Crippen LogP contribution in [-0.4, -0.2) is 93.0 Å². The summed E-state index contributed by atoms with van der Waals surface area (Å²) in [5, 5.41) is 7.15. The molecule has 1 N–H and O–H groups in total. The molecule has 0 spiro atoms. The fraction of sp³-hybridized carbons (Fsp3) is 0.800. The molecule has 0 bridgehead atoms. The summed E-state index contributed by atoms with van der Waals surface area (Å²) in [6, 6.07) is 1.59. The fourth-order valence-electron chi connectivity index (χ4n) is 4.05. The molecule has 0 aromatic carbocycles. The number of guanidine groups is 1. The number of piperazine rings is 1. The molecule has 178 valence electrons. The van der Waals surface area contributed by atoms with E-state index >= 15 is 0 Å². The van der Waals surface area contributed by atoms with Crippen molar-refractivity contribution >= 4 is 40.0 Å². The largest absolute Gasteiger partial charge is 0.364 e. The third-order valence-corrected chi connectivity index (χ3v) is 7.84. The van der Waals surface area contributed by atoms with Gasteiger partial charge in [0.15, 0.2) is 5.96 Å². The Kier molecular flexibility index (Phi) is 11.0. The smallest absolute Gasteiger partial charge is 0.220 e. The number of hydrogen-bond acceptors (Lipinski definition) is 6. The molecule has 0 radical (unpaired) electrons. The van der Waals surface area contributed by atoms with Crippen LogP contribution in [0.15, 0.2) is 21.8 Å². The summed E-state index contributed by atoms with van der Waals surface area (Å²) in [6.07, 6.45) is 6.34. The fourth-order valence-corrected chi connectivity index (χ4v) is 5.47. The molecule has 2 saturated heterocycles. The Balaban J connectivity index is 0.00000341. The average molecular weight is 569 g/mol. The van der Waals surface area contributed by atoms with E-state index in [4.69, 9.17) is 4.52 Å². The van der Waals surface area contributed by atoms with Crippen LogP contribution >= 0.6 is 24.0 Å². The molecule has 2 aliphatic rings. The van der Waals surface area contributed by atoms with Crippen LogP contribution in [0.4, 0.5) is 0 Å². The number of aliphatic imine (C=N–C) groups is 1. The van der Waals surface area contributed by atoms with E-state index < -0.39 is 10.0 Å². The van der Waals surface area contributed by atoms with Crippen molar-refractivity contribution in [2.24, 2.45) is 10.9 Å². The van der Waals surface area contributed by atoms with Crippen LogP contribution in [0, 0.1) is 5.92 Å². The van der Waals surface area contributed by atoms with Gasteiger partial charge in [0.25, 0.3) is 0 Å². The number of aromatic nitrogens is 1. The Labute approximate surface area is 203 Å². The standard InChI is InChI=1S/C20H36N6O3S.HI/c1-18-5-10-24(11-6-18)9-4-3-8-22-20(21-2)25-12-14-26(15-13-25)30(27,28)17-19-7-16-29-23-19;/h7,16,18H,3-6,8-15,17H2,1-2H3,(H,21,22);1H. The zero-order chi connectivity index (χ0) is 21.4. The van der Waals surface area contributed by atoms with Gasteiger partial charge in [-0.15, -0.1) is 24.0 Å². The van der Waals surface area contributed by atoms with E-state index in [0.29, 0.717) is 31.9 Å². The first-order valence-corrected chi connectivity index (χ1v) is 12.6. The van der Waals surface area contributed by atoms with Crippen LogP contribution < -0.4 is 5.32 Å². The van der Waals surface area contributed by atoms with Gasteiger partial charge < -0.3 is 19.6 Å². The summed E-state index contributed by atoms with van der Waals surface area (Å²) in [6.45, 7) is 9.05. The molecule has 0 amide bonds. The Morgan fingerprint density at radius 3 is 2.52 bits per heavy atom. The second-order valence-corrected chi connectivity index (χ2v) is 10.3. The molecule has 31 heavy (non-hydrogen) atoms. The molecule has 0 atom stereocenters. The second kappa shape index (κ2) is 12.9. The van der Waals surface area contributed by atoms with Gasteiger partial charge in [-0.3, -0.25) is 4.99 Å². The topological polar surface area (TPSA) is 94.3 Å². The van der Waals surface area contributed by atoms with E-state index in [2.05, 4.69) is 32.2 Å². The van der Waals surface area contributed by atoms with E-state index in [1.54, 1.807) is 13.1 Å². The highest BCUT2D eigenvalue weighted by molar-refractivity contribution is 14.0. The number of nitrogens with one attached hydrogen (secondary N) is 1. The minimum Gasteiger partial charge on any atom is -0.364 e. The molecule has 1 aromatic rings. The lowest BCUT2D eigenvalue weighted by molar-refractivity contribution is 0.189. The van der Waals surface area contributed by atoms with Crippen molar-refractivity contribution in [3.8, 4) is 0 Å². The summed E-state index contributed by atoms with van der Waals surface area (Å²) < 4.78 is 31.4. The number of nitrogens with zero attached hydrogens (tertiary/aromatic N) is 5. The predicted molar refractivity (Wildman–Crippen MR) is 133 cm³/mol. The molecule has 2 aliphatic heterocycles. The van der Waals surface area contributed by atoms with Crippen molar-refractivity contribution in [1.29, 1.82) is 0 Å². The monoisotopic (exact) mass is 568 g/mol. The quantitative estimate of drug-likeness (QED) is 0.221. The minimum absolute atomic E-state index is 0. The maximum absolute atomic E-state index is 12.6. The molecule has 0 aliphatic carbocycles. The van der Waals surface area contributed by atoms with Gasteiger partial charge in [-0.05, 0) is 51.2 Å². The highest BCUT2D eigenvalue weighted by atomic mass is 127. The molecule has 1 aromatic heterocycles. The third-order valence-electron chi connectivity index (χ3n) is 6.03. The lowest BCUT2D eigenvalue weighted by Gasteiger charge is -2.35. The van der Waals surface area contributed by atoms with Gasteiger partial charge in [-0.1, -0.05) is 12.1 Å². The van der Waals surface area contributed by atoms with E-state index in [1.165, 1.54) is 49.5 Å². The Hall–Kier alpha value is -0.920. The number of likely N-dealkylation sites (tertiary alicyclic amines) is 1. The molecule has 0 saturated carbocycles. The van der Waals surface area contributed by atoms with Crippen molar-refractivity contribution < 1.29 is 12.9 Å². The normalized spacial score (nSPS) is 19.9. The number of sulfonamides is 1. The first-order valence-electron chi connectivity index (χ1n) is 11.0. The van der Waals surface area contributed by atoms with Crippen LogP contribution in [0.25, 0.3) is 0 Å². The number of piperidine rings is 1. The summed E-state index contributed by atoms with van der Waals surface area (Å²) in [5.74, 6) is 1.62. The molecule has 2 fully saturated rings. The van der Waals surface area contributed by atoms with E-state index in [1.807, 2.05) is 0 Å². The third kappa shape index (κ3) is 8.17. The molecule has 3 rings (SSSR count). The van der Waals surface area contributed by atoms with Gasteiger partial charge in [0, 0.05) is 45.8 Å². The van der Waals surface area contributed by atoms with Crippen molar-refractivity contribution in [3.63, 3.8) is 0 Å². The van der Waals surface area contributed by atoms with Crippen molar-refractivity contribution in [1.82, 2.24) is 24.6 Å². The molecule has 9 nitrogen and oxygen atoms in total. The first kappa shape index (κ1) is 26.3. The zero-order valence-corrected chi connectivity index (χ0v) is 21.8. The summed E-state index contributed by atoms with van der Waals surface area (Å²) >= 11 is 0.